The van der Waals surface area contributed by atoms with Crippen LogP contribution in [0.2, 0.25) is 0 Å². The highest BCUT2D eigenvalue weighted by molar-refractivity contribution is 6.02. The molecule has 1 spiro atoms. The SMILES string of the molecule is CCOc1ccc(NC(=O)[C@@H]2[C@H]3C(=O)N([C@@H](CC)CO)C(C(=O)NCCN4CCOCC4)C34CC[C@@]2(C)O4)cc1. The van der Waals surface area contributed by atoms with Gasteiger partial charge in [-0.15, -0.1) is 0 Å². The number of carbonyl (C=O) groups is 3. The predicted molar refractivity (Wildman–Crippen MR) is 147 cm³/mol. The average molecular weight is 559 g/mol. The van der Waals surface area contributed by atoms with Gasteiger partial charge < -0.3 is 34.9 Å². The minimum atomic E-state index is -1.13. The van der Waals surface area contributed by atoms with E-state index in [0.29, 0.717) is 63.6 Å². The summed E-state index contributed by atoms with van der Waals surface area (Å²) in [6.45, 7) is 9.98. The normalized spacial score (nSPS) is 32.1. The molecule has 4 heterocycles. The third-order valence-corrected chi connectivity index (χ3v) is 9.08. The van der Waals surface area contributed by atoms with Crippen molar-refractivity contribution in [3.8, 4) is 5.75 Å². The van der Waals surface area contributed by atoms with Crippen LogP contribution < -0.4 is 15.4 Å². The minimum absolute atomic E-state index is 0.275. The fraction of sp³-hybridized carbons (Fsp3) is 0.690. The number of carbonyl (C=O) groups excluding carboxylic acids is 3. The molecule has 3 N–H and O–H groups in total. The molecule has 5 rings (SSSR count). The van der Waals surface area contributed by atoms with E-state index >= 15 is 0 Å². The summed E-state index contributed by atoms with van der Waals surface area (Å²) in [5.74, 6) is -1.79. The molecule has 40 heavy (non-hydrogen) atoms. The molecule has 0 radical (unpaired) electrons. The molecule has 0 aromatic heterocycles. The maximum Gasteiger partial charge on any atom is 0.245 e. The van der Waals surface area contributed by atoms with Gasteiger partial charge in [-0.25, -0.2) is 0 Å². The lowest BCUT2D eigenvalue weighted by molar-refractivity contribution is -0.148. The van der Waals surface area contributed by atoms with Gasteiger partial charge in [-0.2, -0.15) is 0 Å². The molecule has 0 aliphatic carbocycles. The summed E-state index contributed by atoms with van der Waals surface area (Å²) in [5.41, 5.74) is -1.41. The first kappa shape index (κ1) is 28.8. The zero-order valence-electron chi connectivity index (χ0n) is 23.7. The van der Waals surface area contributed by atoms with Crippen molar-refractivity contribution in [3.63, 3.8) is 0 Å². The number of amides is 3. The molecule has 0 saturated carbocycles. The lowest BCUT2D eigenvalue weighted by Crippen LogP contribution is -2.58. The van der Waals surface area contributed by atoms with Gasteiger partial charge in [0.2, 0.25) is 17.7 Å². The Morgan fingerprint density at radius 1 is 1.15 bits per heavy atom. The Morgan fingerprint density at radius 3 is 2.52 bits per heavy atom. The molecule has 4 fully saturated rings. The van der Waals surface area contributed by atoms with Crippen molar-refractivity contribution < 1.29 is 33.7 Å². The predicted octanol–water partition coefficient (Wildman–Crippen LogP) is 1.01. The monoisotopic (exact) mass is 558 g/mol. The van der Waals surface area contributed by atoms with Crippen LogP contribution in [0.5, 0.6) is 5.75 Å². The summed E-state index contributed by atoms with van der Waals surface area (Å²) in [6.07, 6.45) is 1.52. The number of likely N-dealkylation sites (tertiary alicyclic amines) is 1. The number of hydrogen-bond acceptors (Lipinski definition) is 8. The van der Waals surface area contributed by atoms with Gasteiger partial charge in [0.1, 0.15) is 17.4 Å². The standard InChI is InChI=1S/C29H42N4O7/c1-4-20(18-34)33-24(26(36)30-12-13-32-14-16-38-17-15-32)29-11-10-28(3,40-29)22(23(29)27(33)37)25(35)31-19-6-8-21(9-7-19)39-5-2/h6-9,20,22-24,34H,4-5,10-18H2,1-3H3,(H,30,36)(H,31,35)/t20-,22-,23-,24?,28+,29?/m0/s1. The van der Waals surface area contributed by atoms with Crippen molar-refractivity contribution in [2.24, 2.45) is 11.8 Å². The van der Waals surface area contributed by atoms with Crippen LogP contribution in [0.3, 0.4) is 0 Å². The van der Waals surface area contributed by atoms with Crippen molar-refractivity contribution in [2.45, 2.75) is 63.3 Å². The molecule has 11 nitrogen and oxygen atoms in total. The van der Waals surface area contributed by atoms with E-state index in [4.69, 9.17) is 14.2 Å². The van der Waals surface area contributed by atoms with E-state index in [1.165, 1.54) is 4.90 Å². The Labute approximate surface area is 235 Å². The smallest absolute Gasteiger partial charge is 0.245 e. The highest BCUT2D eigenvalue weighted by Crippen LogP contribution is 2.63. The van der Waals surface area contributed by atoms with Crippen LogP contribution in [-0.4, -0.2) is 109 Å². The number of aliphatic hydroxyl groups is 1. The largest absolute Gasteiger partial charge is 0.494 e. The number of nitrogens with one attached hydrogen (secondary N) is 2. The summed E-state index contributed by atoms with van der Waals surface area (Å²) in [6, 6.07) is 5.63. The third kappa shape index (κ3) is 4.97. The van der Waals surface area contributed by atoms with Gasteiger partial charge >= 0.3 is 0 Å². The van der Waals surface area contributed by atoms with Gasteiger partial charge in [-0.1, -0.05) is 6.92 Å². The Morgan fingerprint density at radius 2 is 1.88 bits per heavy atom. The lowest BCUT2D eigenvalue weighted by Gasteiger charge is -2.37. The zero-order valence-corrected chi connectivity index (χ0v) is 23.7. The average Bonchev–Trinajstić information content (AvgIpc) is 3.52. The maximum atomic E-state index is 14.1. The van der Waals surface area contributed by atoms with Crippen molar-refractivity contribution in [1.82, 2.24) is 15.1 Å². The second-order valence-corrected chi connectivity index (χ2v) is 11.4. The molecule has 4 aliphatic heterocycles. The second kappa shape index (κ2) is 11.6. The Balaban J connectivity index is 1.39. The van der Waals surface area contributed by atoms with Gasteiger partial charge in [0.25, 0.3) is 0 Å². The highest BCUT2D eigenvalue weighted by atomic mass is 16.5. The molecule has 1 aromatic rings. The van der Waals surface area contributed by atoms with E-state index in [0.717, 1.165) is 13.1 Å². The molecule has 3 amide bonds. The Hall–Kier alpha value is -2.73. The number of ether oxygens (including phenoxy) is 3. The van der Waals surface area contributed by atoms with E-state index in [1.807, 2.05) is 20.8 Å². The molecule has 4 aliphatic rings. The fourth-order valence-electron chi connectivity index (χ4n) is 7.15. The van der Waals surface area contributed by atoms with Crippen molar-refractivity contribution >= 4 is 23.4 Å². The number of hydrogen-bond donors (Lipinski definition) is 3. The van der Waals surface area contributed by atoms with E-state index in [-0.39, 0.29) is 24.3 Å². The van der Waals surface area contributed by atoms with Crippen LogP contribution in [-0.2, 0) is 23.9 Å². The zero-order chi connectivity index (χ0) is 28.5. The van der Waals surface area contributed by atoms with E-state index < -0.39 is 35.1 Å². The van der Waals surface area contributed by atoms with E-state index in [2.05, 4.69) is 15.5 Å². The van der Waals surface area contributed by atoms with Gasteiger partial charge in [-0.05, 0) is 57.4 Å². The second-order valence-electron chi connectivity index (χ2n) is 11.4. The summed E-state index contributed by atoms with van der Waals surface area (Å²) in [7, 11) is 0. The minimum Gasteiger partial charge on any atom is -0.494 e. The molecule has 4 saturated heterocycles. The van der Waals surface area contributed by atoms with Gasteiger partial charge in [0.15, 0.2) is 0 Å². The van der Waals surface area contributed by atoms with Crippen molar-refractivity contribution in [3.05, 3.63) is 24.3 Å². The molecule has 2 bridgehead atoms. The molecule has 6 atom stereocenters. The number of nitrogens with zero attached hydrogens (tertiary/aromatic N) is 2. The third-order valence-electron chi connectivity index (χ3n) is 9.08. The van der Waals surface area contributed by atoms with Crippen LogP contribution in [0.15, 0.2) is 24.3 Å². The molecule has 11 heteroatoms. The number of benzene rings is 1. The Kier molecular flexibility index (Phi) is 8.37. The van der Waals surface area contributed by atoms with E-state index in [1.54, 1.807) is 24.3 Å². The topological polar surface area (TPSA) is 130 Å². The van der Waals surface area contributed by atoms with Crippen molar-refractivity contribution in [2.75, 3.05) is 57.9 Å². The molecular weight excluding hydrogens is 516 g/mol. The number of anilines is 1. The van der Waals surface area contributed by atoms with Crippen LogP contribution in [0, 0.1) is 11.8 Å². The lowest BCUT2D eigenvalue weighted by atomic mass is 9.66. The van der Waals surface area contributed by atoms with Crippen molar-refractivity contribution in [1.29, 1.82) is 0 Å². The first-order valence-corrected chi connectivity index (χ1v) is 14.5. The number of aliphatic hydroxyl groups excluding tert-OH is 1. The number of rotatable bonds is 11. The summed E-state index contributed by atoms with van der Waals surface area (Å²) in [4.78, 5) is 45.5. The summed E-state index contributed by atoms with van der Waals surface area (Å²) in [5, 5.41) is 16.2. The maximum absolute atomic E-state index is 14.1. The molecule has 220 valence electrons. The summed E-state index contributed by atoms with van der Waals surface area (Å²) >= 11 is 0. The van der Waals surface area contributed by atoms with Crippen LogP contribution in [0.4, 0.5) is 5.69 Å². The van der Waals surface area contributed by atoms with Crippen LogP contribution in [0.1, 0.15) is 40.0 Å². The van der Waals surface area contributed by atoms with Crippen LogP contribution in [0.25, 0.3) is 0 Å². The number of morpholine rings is 1. The fourth-order valence-corrected chi connectivity index (χ4v) is 7.15. The van der Waals surface area contributed by atoms with Gasteiger partial charge in [0, 0.05) is 31.9 Å². The van der Waals surface area contributed by atoms with Gasteiger partial charge in [-0.3, -0.25) is 19.3 Å². The van der Waals surface area contributed by atoms with Gasteiger partial charge in [0.05, 0.1) is 49.9 Å². The summed E-state index contributed by atoms with van der Waals surface area (Å²) < 4.78 is 17.6. The molecule has 2 unspecified atom stereocenters. The van der Waals surface area contributed by atoms with E-state index in [9.17, 15) is 19.5 Å². The first-order chi connectivity index (χ1) is 19.3. The first-order valence-electron chi connectivity index (χ1n) is 14.5. The number of fused-ring (bicyclic) bond motifs is 1. The van der Waals surface area contributed by atoms with Crippen LogP contribution >= 0.6 is 0 Å². The molecule has 1 aromatic carbocycles. The highest BCUT2D eigenvalue weighted by Gasteiger charge is 2.78. The molecular formula is C29H42N4O7. The Bertz CT molecular complexity index is 1090. The quantitative estimate of drug-likeness (QED) is 0.367.